The molecule has 0 radical (unpaired) electrons. The summed E-state index contributed by atoms with van der Waals surface area (Å²) in [7, 11) is 0. The van der Waals surface area contributed by atoms with Gasteiger partial charge in [0.25, 0.3) is 0 Å². The van der Waals surface area contributed by atoms with Crippen LogP contribution in [0.25, 0.3) is 10.9 Å². The maximum Gasteiger partial charge on any atom is 0.106 e. The number of carbonyl (C=O) groups is 1. The van der Waals surface area contributed by atoms with Gasteiger partial charge in [0.15, 0.2) is 0 Å². The van der Waals surface area contributed by atoms with Crippen LogP contribution in [0.4, 0.5) is 5.69 Å². The van der Waals surface area contributed by atoms with E-state index in [1.165, 1.54) is 27.8 Å². The number of hydrogen-bond donors (Lipinski definition) is 0. The zero-order chi connectivity index (χ0) is 19.6. The number of ether oxygens (including phenoxy) is 1. The summed E-state index contributed by atoms with van der Waals surface area (Å²) in [6.07, 6.45) is 1.97. The molecule has 0 amide bonds. The van der Waals surface area contributed by atoms with Crippen LogP contribution < -0.4 is 4.90 Å². The first kappa shape index (κ1) is 20.6. The minimum absolute atomic E-state index is 0.815. The van der Waals surface area contributed by atoms with E-state index in [0.717, 1.165) is 31.8 Å². The second-order valence-corrected chi connectivity index (χ2v) is 6.56. The Hall–Kier alpha value is -2.72. The van der Waals surface area contributed by atoms with Crippen molar-refractivity contribution in [2.75, 3.05) is 31.2 Å². The molecule has 3 aromatic rings. The lowest BCUT2D eigenvalue weighted by molar-refractivity contribution is -0.0979. The number of benzene rings is 2. The van der Waals surface area contributed by atoms with Crippen molar-refractivity contribution in [3.8, 4) is 0 Å². The van der Waals surface area contributed by atoms with Gasteiger partial charge in [-0.3, -0.25) is 4.98 Å². The average molecular weight is 364 g/mol. The van der Waals surface area contributed by atoms with Crippen LogP contribution >= 0.6 is 0 Å². The topological polar surface area (TPSA) is 42.4 Å². The number of morpholine rings is 1. The van der Waals surface area contributed by atoms with E-state index in [9.17, 15) is 0 Å². The van der Waals surface area contributed by atoms with E-state index in [2.05, 4.69) is 61.0 Å². The van der Waals surface area contributed by atoms with Crippen LogP contribution in [0.1, 0.15) is 16.7 Å². The van der Waals surface area contributed by atoms with Crippen LogP contribution in [-0.4, -0.2) is 38.1 Å². The van der Waals surface area contributed by atoms with E-state index < -0.39 is 0 Å². The number of aromatic nitrogens is 1. The van der Waals surface area contributed by atoms with Gasteiger partial charge in [0.05, 0.1) is 24.4 Å². The fourth-order valence-corrected chi connectivity index (χ4v) is 3.13. The molecule has 0 atom stereocenters. The van der Waals surface area contributed by atoms with Gasteiger partial charge in [0.2, 0.25) is 0 Å². The minimum atomic E-state index is 0.815. The second-order valence-electron chi connectivity index (χ2n) is 6.56. The standard InChI is InChI=1S/C15H18N2O.C7H8.CH2O/c1-11-3-4-14-13(9-11)15(12(2)10-16-14)17-5-7-18-8-6-17;1-7-5-3-2-4-6-7;1-2/h3-4,9-10H,5-8H2,1-2H3;2-6H,1H3;1H2. The number of pyridine rings is 1. The number of anilines is 1. The maximum absolute atomic E-state index is 8.00. The van der Waals surface area contributed by atoms with E-state index in [1.807, 2.05) is 31.2 Å². The van der Waals surface area contributed by atoms with E-state index in [4.69, 9.17) is 9.53 Å². The molecule has 2 heterocycles. The fraction of sp³-hybridized carbons (Fsp3) is 0.304. The minimum Gasteiger partial charge on any atom is -0.378 e. The van der Waals surface area contributed by atoms with E-state index >= 15 is 0 Å². The van der Waals surface area contributed by atoms with E-state index in [1.54, 1.807) is 0 Å². The van der Waals surface area contributed by atoms with Gasteiger partial charge in [0.1, 0.15) is 6.79 Å². The lowest BCUT2D eigenvalue weighted by Crippen LogP contribution is -2.36. The van der Waals surface area contributed by atoms with Crippen molar-refractivity contribution in [1.29, 1.82) is 0 Å². The molecule has 4 rings (SSSR count). The van der Waals surface area contributed by atoms with Crippen LogP contribution in [0.2, 0.25) is 0 Å². The van der Waals surface area contributed by atoms with Gasteiger partial charge in [-0.2, -0.15) is 0 Å². The van der Waals surface area contributed by atoms with Crippen LogP contribution in [0.5, 0.6) is 0 Å². The molecule has 0 aliphatic carbocycles. The molecule has 142 valence electrons. The SMILES string of the molecule is C=O.Cc1ccc2ncc(C)c(N3CCOCC3)c2c1.Cc1ccccc1. The smallest absolute Gasteiger partial charge is 0.106 e. The van der Waals surface area contributed by atoms with Crippen molar-refractivity contribution in [3.05, 3.63) is 71.4 Å². The molecule has 0 unspecified atom stereocenters. The third-order valence-electron chi connectivity index (χ3n) is 4.45. The molecule has 0 saturated carbocycles. The second kappa shape index (κ2) is 10.4. The van der Waals surface area contributed by atoms with Crippen molar-refractivity contribution < 1.29 is 9.53 Å². The highest BCUT2D eigenvalue weighted by molar-refractivity contribution is 5.93. The molecule has 1 saturated heterocycles. The summed E-state index contributed by atoms with van der Waals surface area (Å²) in [6, 6.07) is 16.7. The lowest BCUT2D eigenvalue weighted by atomic mass is 10.1. The summed E-state index contributed by atoms with van der Waals surface area (Å²) in [4.78, 5) is 14.9. The third-order valence-corrected chi connectivity index (χ3v) is 4.45. The molecule has 2 aromatic carbocycles. The van der Waals surface area contributed by atoms with Crippen molar-refractivity contribution in [2.24, 2.45) is 0 Å². The summed E-state index contributed by atoms with van der Waals surface area (Å²) >= 11 is 0. The predicted molar refractivity (Wildman–Crippen MR) is 113 cm³/mol. The van der Waals surface area contributed by atoms with Crippen molar-refractivity contribution in [2.45, 2.75) is 20.8 Å². The molecule has 0 spiro atoms. The molecule has 1 aromatic heterocycles. The fourth-order valence-electron chi connectivity index (χ4n) is 3.13. The summed E-state index contributed by atoms with van der Waals surface area (Å²) in [5, 5.41) is 1.26. The Labute approximate surface area is 161 Å². The first-order valence-electron chi connectivity index (χ1n) is 9.14. The maximum atomic E-state index is 8.00. The Morgan fingerprint density at radius 2 is 1.59 bits per heavy atom. The Morgan fingerprint density at radius 3 is 2.19 bits per heavy atom. The van der Waals surface area contributed by atoms with Crippen molar-refractivity contribution >= 4 is 23.4 Å². The van der Waals surface area contributed by atoms with Crippen LogP contribution in [0, 0.1) is 20.8 Å². The highest BCUT2D eigenvalue weighted by Gasteiger charge is 2.16. The number of aryl methyl sites for hydroxylation is 3. The summed E-state index contributed by atoms with van der Waals surface area (Å²) < 4.78 is 5.44. The number of fused-ring (bicyclic) bond motifs is 1. The molecule has 1 aliphatic heterocycles. The lowest BCUT2D eigenvalue weighted by Gasteiger charge is -2.31. The van der Waals surface area contributed by atoms with Gasteiger partial charge in [-0.1, -0.05) is 47.5 Å². The molecule has 4 heteroatoms. The number of hydrogen-bond acceptors (Lipinski definition) is 4. The molecule has 1 aliphatic rings. The highest BCUT2D eigenvalue weighted by atomic mass is 16.5. The van der Waals surface area contributed by atoms with Gasteiger partial charge in [-0.15, -0.1) is 0 Å². The Morgan fingerprint density at radius 1 is 0.926 bits per heavy atom. The normalized spacial score (nSPS) is 13.2. The quantitative estimate of drug-likeness (QED) is 0.638. The zero-order valence-corrected chi connectivity index (χ0v) is 16.4. The predicted octanol–water partition coefficient (Wildman–Crippen LogP) is 4.50. The molecular weight excluding hydrogens is 336 g/mol. The number of rotatable bonds is 1. The Bertz CT molecular complexity index is 838. The summed E-state index contributed by atoms with van der Waals surface area (Å²) in [5.41, 5.74) is 6.25. The largest absolute Gasteiger partial charge is 0.378 e. The Balaban J connectivity index is 0.000000244. The van der Waals surface area contributed by atoms with Gasteiger partial charge < -0.3 is 14.4 Å². The Kier molecular flexibility index (Phi) is 7.96. The molecule has 0 N–H and O–H groups in total. The summed E-state index contributed by atoms with van der Waals surface area (Å²) in [6.45, 7) is 11.9. The van der Waals surface area contributed by atoms with Gasteiger partial charge in [-0.25, -0.2) is 0 Å². The molecular formula is C23H28N2O2. The van der Waals surface area contributed by atoms with Crippen LogP contribution in [0.3, 0.4) is 0 Å². The first-order valence-corrected chi connectivity index (χ1v) is 9.14. The summed E-state index contributed by atoms with van der Waals surface area (Å²) in [5.74, 6) is 0. The first-order chi connectivity index (χ1) is 13.1. The average Bonchev–Trinajstić information content (AvgIpc) is 2.71. The van der Waals surface area contributed by atoms with Crippen LogP contribution in [0.15, 0.2) is 54.7 Å². The van der Waals surface area contributed by atoms with Gasteiger partial charge in [0, 0.05) is 24.7 Å². The van der Waals surface area contributed by atoms with Gasteiger partial charge in [-0.05, 0) is 38.5 Å². The number of nitrogens with zero attached hydrogens (tertiary/aromatic N) is 2. The molecule has 27 heavy (non-hydrogen) atoms. The van der Waals surface area contributed by atoms with E-state index in [-0.39, 0.29) is 0 Å². The molecule has 0 bridgehead atoms. The highest BCUT2D eigenvalue weighted by Crippen LogP contribution is 2.30. The molecule has 1 fully saturated rings. The zero-order valence-electron chi connectivity index (χ0n) is 16.4. The van der Waals surface area contributed by atoms with Crippen LogP contribution in [-0.2, 0) is 9.53 Å². The molecule has 4 nitrogen and oxygen atoms in total. The van der Waals surface area contributed by atoms with E-state index in [0.29, 0.717) is 0 Å². The van der Waals surface area contributed by atoms with Gasteiger partial charge >= 0.3 is 0 Å². The third kappa shape index (κ3) is 5.63. The monoisotopic (exact) mass is 364 g/mol. The van der Waals surface area contributed by atoms with Crippen molar-refractivity contribution in [1.82, 2.24) is 4.98 Å². The number of carbonyl (C=O) groups excluding carboxylic acids is 1. The van der Waals surface area contributed by atoms with Crippen molar-refractivity contribution in [3.63, 3.8) is 0 Å².